The van der Waals surface area contributed by atoms with Gasteiger partial charge in [-0.25, -0.2) is 22.9 Å². The second-order valence-corrected chi connectivity index (χ2v) is 9.45. The zero-order chi connectivity index (χ0) is 24.2. The number of anilines is 2. The van der Waals surface area contributed by atoms with Gasteiger partial charge in [-0.05, 0) is 48.7 Å². The van der Waals surface area contributed by atoms with Gasteiger partial charge in [0.25, 0.3) is 15.7 Å². The number of alkyl halides is 3. The second-order valence-electron chi connectivity index (χ2n) is 7.51. The van der Waals surface area contributed by atoms with Gasteiger partial charge < -0.3 is 16.0 Å². The van der Waals surface area contributed by atoms with E-state index in [1.165, 1.54) is 17.3 Å². The molecule has 10 nitrogen and oxygen atoms in total. The average molecular weight is 483 g/mol. The molecule has 1 aliphatic carbocycles. The van der Waals surface area contributed by atoms with Crippen LogP contribution >= 0.6 is 0 Å². The summed E-state index contributed by atoms with van der Waals surface area (Å²) in [6, 6.07) is 3.30. The highest BCUT2D eigenvalue weighted by Crippen LogP contribution is 2.50. The lowest BCUT2D eigenvalue weighted by Gasteiger charge is -2.22. The van der Waals surface area contributed by atoms with Crippen LogP contribution in [0.1, 0.15) is 18.4 Å². The third kappa shape index (κ3) is 3.65. The number of primary amides is 1. The van der Waals surface area contributed by atoms with Gasteiger partial charge in [0.05, 0.1) is 29.0 Å². The van der Waals surface area contributed by atoms with Crippen molar-refractivity contribution in [1.82, 2.24) is 9.88 Å². The lowest BCUT2D eigenvalue weighted by Crippen LogP contribution is -2.36. The van der Waals surface area contributed by atoms with Crippen LogP contribution in [-0.4, -0.2) is 47.3 Å². The normalized spacial score (nSPS) is 17.5. The van der Waals surface area contributed by atoms with Gasteiger partial charge in [-0.3, -0.25) is 9.78 Å². The molecule has 5 amide bonds. The molecule has 2 heterocycles. The number of hydrogen-bond donors (Lipinski definition) is 2. The molecule has 0 bridgehead atoms. The maximum absolute atomic E-state index is 13.2. The van der Waals surface area contributed by atoms with E-state index in [0.29, 0.717) is 30.5 Å². The summed E-state index contributed by atoms with van der Waals surface area (Å²) < 4.78 is 61.5. The summed E-state index contributed by atoms with van der Waals surface area (Å²) in [6.45, 7) is -0.0697. The van der Waals surface area contributed by atoms with E-state index in [1.807, 2.05) is 0 Å². The first-order valence-corrected chi connectivity index (χ1v) is 10.9. The molecular weight excluding hydrogens is 467 g/mol. The standard InChI is InChI=1S/C19H16F3N5O5S/c20-19(21,22)33(31,32)13-3-1-12(2-4-13)27-15(28)18(6-7-18)26(17(27)30)10-11-5-8-24-9-14(11)25-16(23)29/h1-5,8-9H,6-7,10H2,(H3,23,25,29). The predicted octanol–water partition coefficient (Wildman–Crippen LogP) is 2.37. The van der Waals surface area contributed by atoms with Crippen LogP contribution < -0.4 is 16.0 Å². The third-order valence-corrected chi connectivity index (χ3v) is 6.97. The quantitative estimate of drug-likeness (QED) is 0.625. The number of carbonyl (C=O) groups is 3. The molecule has 1 aromatic carbocycles. The topological polar surface area (TPSA) is 143 Å². The summed E-state index contributed by atoms with van der Waals surface area (Å²) in [5.41, 5.74) is -0.807. The molecule has 1 saturated carbocycles. The SMILES string of the molecule is NC(=O)Nc1cnccc1CN1C(=O)N(c2ccc(S(=O)(=O)C(F)(F)F)cc2)C(=O)C12CC2. The van der Waals surface area contributed by atoms with Crippen molar-refractivity contribution in [2.45, 2.75) is 35.3 Å². The average Bonchev–Trinajstić information content (AvgIpc) is 3.50. The monoisotopic (exact) mass is 483 g/mol. The number of aromatic nitrogens is 1. The van der Waals surface area contributed by atoms with Crippen molar-refractivity contribution in [2.75, 3.05) is 10.2 Å². The van der Waals surface area contributed by atoms with Crippen LogP contribution in [0.15, 0.2) is 47.6 Å². The van der Waals surface area contributed by atoms with E-state index >= 15 is 0 Å². The van der Waals surface area contributed by atoms with Crippen LogP contribution in [0.25, 0.3) is 0 Å². The smallest absolute Gasteiger partial charge is 0.351 e. The number of carbonyl (C=O) groups excluding carboxylic acids is 3. The molecule has 0 unspecified atom stereocenters. The van der Waals surface area contributed by atoms with Gasteiger partial charge in [-0.1, -0.05) is 0 Å². The van der Waals surface area contributed by atoms with E-state index in [0.717, 1.165) is 17.0 Å². The minimum absolute atomic E-state index is 0.0647. The van der Waals surface area contributed by atoms with Gasteiger partial charge in [0.15, 0.2) is 0 Å². The molecule has 2 fully saturated rings. The van der Waals surface area contributed by atoms with Crippen molar-refractivity contribution in [3.8, 4) is 0 Å². The lowest BCUT2D eigenvalue weighted by atomic mass is 10.1. The Morgan fingerprint density at radius 3 is 2.33 bits per heavy atom. The van der Waals surface area contributed by atoms with Gasteiger partial charge >= 0.3 is 17.6 Å². The third-order valence-electron chi connectivity index (χ3n) is 5.47. The predicted molar refractivity (Wildman–Crippen MR) is 108 cm³/mol. The molecule has 1 aliphatic heterocycles. The molecule has 174 valence electrons. The molecule has 0 radical (unpaired) electrons. The fourth-order valence-electron chi connectivity index (χ4n) is 3.65. The molecule has 2 aliphatic rings. The molecule has 33 heavy (non-hydrogen) atoms. The number of sulfone groups is 1. The molecular formula is C19H16F3N5O5S. The first-order chi connectivity index (χ1) is 15.4. The van der Waals surface area contributed by atoms with E-state index in [9.17, 15) is 36.0 Å². The molecule has 2 aromatic rings. The molecule has 1 aromatic heterocycles. The number of amides is 5. The number of urea groups is 2. The minimum Gasteiger partial charge on any atom is -0.351 e. The molecule has 4 rings (SSSR count). The van der Waals surface area contributed by atoms with Crippen LogP contribution in [0.5, 0.6) is 0 Å². The fourth-order valence-corrected chi connectivity index (χ4v) is 4.41. The number of nitrogens with one attached hydrogen (secondary N) is 1. The Labute approximate surface area is 185 Å². The molecule has 3 N–H and O–H groups in total. The van der Waals surface area contributed by atoms with Crippen LogP contribution in [0.3, 0.4) is 0 Å². The molecule has 1 spiro atoms. The van der Waals surface area contributed by atoms with Crippen molar-refractivity contribution in [1.29, 1.82) is 0 Å². The zero-order valence-electron chi connectivity index (χ0n) is 16.7. The van der Waals surface area contributed by atoms with Gasteiger partial charge in [-0.2, -0.15) is 13.2 Å². The molecule has 1 saturated heterocycles. The van der Waals surface area contributed by atoms with Crippen molar-refractivity contribution >= 4 is 39.2 Å². The minimum atomic E-state index is -5.57. The number of nitrogens with zero attached hydrogens (tertiary/aromatic N) is 3. The summed E-state index contributed by atoms with van der Waals surface area (Å²) in [6.07, 6.45) is 3.51. The van der Waals surface area contributed by atoms with E-state index < -0.39 is 43.7 Å². The maximum atomic E-state index is 13.2. The summed E-state index contributed by atoms with van der Waals surface area (Å²) in [5, 5.41) is 2.39. The highest BCUT2D eigenvalue weighted by molar-refractivity contribution is 7.92. The largest absolute Gasteiger partial charge is 0.501 e. The van der Waals surface area contributed by atoms with Crippen molar-refractivity contribution in [2.24, 2.45) is 5.73 Å². The Morgan fingerprint density at radius 2 is 1.79 bits per heavy atom. The van der Waals surface area contributed by atoms with E-state index in [2.05, 4.69) is 10.3 Å². The Kier molecular flexibility index (Phi) is 5.07. The Morgan fingerprint density at radius 1 is 1.15 bits per heavy atom. The Hall–Kier alpha value is -3.68. The number of pyridine rings is 1. The number of hydrogen-bond acceptors (Lipinski definition) is 6. The van der Waals surface area contributed by atoms with Crippen molar-refractivity contribution < 1.29 is 36.0 Å². The van der Waals surface area contributed by atoms with Gasteiger partial charge in [0.1, 0.15) is 5.54 Å². The zero-order valence-corrected chi connectivity index (χ0v) is 17.5. The van der Waals surface area contributed by atoms with E-state index in [4.69, 9.17) is 5.73 Å². The second kappa shape index (κ2) is 7.43. The first kappa shape index (κ1) is 22.5. The summed E-state index contributed by atoms with van der Waals surface area (Å²) in [5.74, 6) is -0.572. The summed E-state index contributed by atoms with van der Waals surface area (Å²) in [4.78, 5) is 42.5. The van der Waals surface area contributed by atoms with E-state index in [1.54, 1.807) is 6.07 Å². The van der Waals surface area contributed by atoms with Crippen LogP contribution in [0.4, 0.5) is 34.1 Å². The highest BCUT2D eigenvalue weighted by atomic mass is 32.2. The number of benzene rings is 1. The van der Waals surface area contributed by atoms with Crippen LogP contribution in [0.2, 0.25) is 0 Å². The van der Waals surface area contributed by atoms with Crippen molar-refractivity contribution in [3.63, 3.8) is 0 Å². The fraction of sp³-hybridized carbons (Fsp3) is 0.263. The number of halogens is 3. The maximum Gasteiger partial charge on any atom is 0.501 e. The van der Waals surface area contributed by atoms with Crippen molar-refractivity contribution in [3.05, 3.63) is 48.3 Å². The van der Waals surface area contributed by atoms with Crippen LogP contribution in [-0.2, 0) is 21.2 Å². The van der Waals surface area contributed by atoms with Gasteiger partial charge in [0, 0.05) is 6.20 Å². The lowest BCUT2D eigenvalue weighted by molar-refractivity contribution is -0.120. The Balaban J connectivity index is 1.64. The molecule has 0 atom stereocenters. The summed E-state index contributed by atoms with van der Waals surface area (Å²) >= 11 is 0. The summed E-state index contributed by atoms with van der Waals surface area (Å²) in [7, 11) is -5.57. The molecule has 14 heteroatoms. The van der Waals surface area contributed by atoms with Gasteiger partial charge in [-0.15, -0.1) is 0 Å². The first-order valence-electron chi connectivity index (χ1n) is 9.45. The highest BCUT2D eigenvalue weighted by Gasteiger charge is 2.65. The number of imide groups is 1. The van der Waals surface area contributed by atoms with E-state index in [-0.39, 0.29) is 17.9 Å². The Bertz CT molecular complexity index is 1260. The van der Waals surface area contributed by atoms with Gasteiger partial charge in [0.2, 0.25) is 0 Å². The van der Waals surface area contributed by atoms with Crippen LogP contribution in [0, 0.1) is 0 Å². The number of rotatable bonds is 5. The number of nitrogens with two attached hydrogens (primary N) is 1.